The van der Waals surface area contributed by atoms with Crippen molar-refractivity contribution in [2.24, 2.45) is 11.7 Å². The second kappa shape index (κ2) is 6.94. The summed E-state index contributed by atoms with van der Waals surface area (Å²) < 4.78 is 36.9. The van der Waals surface area contributed by atoms with Crippen molar-refractivity contribution in [3.05, 3.63) is 0 Å². The van der Waals surface area contributed by atoms with Gasteiger partial charge in [-0.1, -0.05) is 0 Å². The second-order valence-corrected chi connectivity index (χ2v) is 4.60. The predicted octanol–water partition coefficient (Wildman–Crippen LogP) is 0.726. The number of alkyl halides is 3. The molecule has 0 aliphatic carbocycles. The highest BCUT2D eigenvalue weighted by atomic mass is 19.4. The zero-order valence-corrected chi connectivity index (χ0v) is 10.3. The number of piperidine rings is 1. The van der Waals surface area contributed by atoms with Crippen molar-refractivity contribution in [1.82, 2.24) is 10.2 Å². The van der Waals surface area contributed by atoms with Crippen LogP contribution in [0.15, 0.2) is 0 Å². The average molecular weight is 267 g/mol. The largest absolute Gasteiger partial charge is 0.471 e. The van der Waals surface area contributed by atoms with Crippen LogP contribution in [0.1, 0.15) is 19.3 Å². The van der Waals surface area contributed by atoms with Gasteiger partial charge in [0.1, 0.15) is 0 Å². The number of carbonyl (C=O) groups excluding carboxylic acids is 1. The molecule has 1 rings (SSSR count). The van der Waals surface area contributed by atoms with Crippen molar-refractivity contribution in [3.8, 4) is 0 Å². The van der Waals surface area contributed by atoms with Gasteiger partial charge < -0.3 is 16.0 Å². The monoisotopic (exact) mass is 267 g/mol. The van der Waals surface area contributed by atoms with Crippen LogP contribution in [0.25, 0.3) is 0 Å². The molecule has 1 heterocycles. The molecule has 3 N–H and O–H groups in total. The number of hydrogen-bond donors (Lipinski definition) is 2. The van der Waals surface area contributed by atoms with Crippen molar-refractivity contribution in [2.75, 3.05) is 32.7 Å². The fourth-order valence-corrected chi connectivity index (χ4v) is 2.13. The van der Waals surface area contributed by atoms with E-state index >= 15 is 0 Å². The highest BCUT2D eigenvalue weighted by molar-refractivity contribution is 5.81. The number of halogens is 3. The van der Waals surface area contributed by atoms with Crippen LogP contribution in [-0.2, 0) is 4.79 Å². The van der Waals surface area contributed by atoms with E-state index in [0.29, 0.717) is 19.5 Å². The van der Waals surface area contributed by atoms with Crippen molar-refractivity contribution in [3.63, 3.8) is 0 Å². The van der Waals surface area contributed by atoms with E-state index in [1.807, 2.05) is 0 Å². The van der Waals surface area contributed by atoms with Crippen LogP contribution < -0.4 is 11.1 Å². The smallest absolute Gasteiger partial charge is 0.335 e. The van der Waals surface area contributed by atoms with Crippen LogP contribution in [0, 0.1) is 5.92 Å². The highest BCUT2D eigenvalue weighted by Crippen LogP contribution is 2.23. The van der Waals surface area contributed by atoms with Crippen LogP contribution in [0.3, 0.4) is 0 Å². The summed E-state index contributed by atoms with van der Waals surface area (Å²) in [6, 6.07) is 0. The van der Waals surface area contributed by atoms with Gasteiger partial charge in [-0.3, -0.25) is 4.79 Å². The Labute approximate surface area is 105 Å². The normalized spacial score (nSPS) is 21.1. The van der Waals surface area contributed by atoms with Crippen LogP contribution >= 0.6 is 0 Å². The molecule has 1 atom stereocenters. The van der Waals surface area contributed by atoms with Crippen LogP contribution in [0.4, 0.5) is 13.2 Å². The quantitative estimate of drug-likeness (QED) is 0.722. The lowest BCUT2D eigenvalue weighted by molar-refractivity contribution is -0.187. The molecule has 1 amide bonds. The topological polar surface area (TPSA) is 58.4 Å². The number of rotatable bonds is 5. The standard InChI is InChI=1S/C11H20F3N3O/c12-11(13,14)10(18)17-6-1-3-9(8-17)7-16-5-2-4-15/h9,16H,1-8,15H2. The fraction of sp³-hybridized carbons (Fsp3) is 0.909. The summed E-state index contributed by atoms with van der Waals surface area (Å²) in [4.78, 5) is 12.0. The second-order valence-electron chi connectivity index (χ2n) is 4.60. The molecule has 4 nitrogen and oxygen atoms in total. The van der Waals surface area contributed by atoms with Gasteiger partial charge in [-0.25, -0.2) is 0 Å². The number of carbonyl (C=O) groups is 1. The molecule has 0 bridgehead atoms. The molecule has 0 saturated carbocycles. The first-order valence-electron chi connectivity index (χ1n) is 6.22. The SMILES string of the molecule is NCCCNCC1CCCN(C(=O)C(F)(F)F)C1. The molecule has 0 aromatic carbocycles. The van der Waals surface area contributed by atoms with Gasteiger partial charge in [0, 0.05) is 13.1 Å². The Hall–Kier alpha value is -0.820. The summed E-state index contributed by atoms with van der Waals surface area (Å²) in [5.41, 5.74) is 5.34. The number of likely N-dealkylation sites (tertiary alicyclic amines) is 1. The van der Waals surface area contributed by atoms with E-state index in [-0.39, 0.29) is 19.0 Å². The van der Waals surface area contributed by atoms with E-state index in [2.05, 4.69) is 5.32 Å². The first kappa shape index (κ1) is 15.2. The predicted molar refractivity (Wildman–Crippen MR) is 61.9 cm³/mol. The zero-order valence-electron chi connectivity index (χ0n) is 10.3. The summed E-state index contributed by atoms with van der Waals surface area (Å²) in [5.74, 6) is -1.61. The Balaban J connectivity index is 2.34. The number of nitrogens with zero attached hydrogens (tertiary/aromatic N) is 1. The van der Waals surface area contributed by atoms with Gasteiger partial charge in [0.15, 0.2) is 0 Å². The van der Waals surface area contributed by atoms with Gasteiger partial charge in [-0.05, 0) is 44.8 Å². The Kier molecular flexibility index (Phi) is 5.87. The maximum atomic E-state index is 12.3. The molecular formula is C11H20F3N3O. The molecule has 7 heteroatoms. The first-order chi connectivity index (χ1) is 8.45. The molecule has 1 saturated heterocycles. The minimum atomic E-state index is -4.76. The van der Waals surface area contributed by atoms with Crippen LogP contribution in [0.2, 0.25) is 0 Å². The summed E-state index contributed by atoms with van der Waals surface area (Å²) in [5, 5.41) is 3.16. The van der Waals surface area contributed by atoms with E-state index in [4.69, 9.17) is 5.73 Å². The average Bonchev–Trinajstić information content (AvgIpc) is 2.33. The lowest BCUT2D eigenvalue weighted by Crippen LogP contribution is -2.48. The Morgan fingerprint density at radius 3 is 2.78 bits per heavy atom. The van der Waals surface area contributed by atoms with Crippen LogP contribution in [-0.4, -0.2) is 49.7 Å². The summed E-state index contributed by atoms with van der Waals surface area (Å²) in [6.07, 6.45) is -2.42. The van der Waals surface area contributed by atoms with Crippen LogP contribution in [0.5, 0.6) is 0 Å². The molecule has 0 spiro atoms. The zero-order chi connectivity index (χ0) is 13.6. The third-order valence-electron chi connectivity index (χ3n) is 3.04. The third-order valence-corrected chi connectivity index (χ3v) is 3.04. The lowest BCUT2D eigenvalue weighted by Gasteiger charge is -2.33. The molecular weight excluding hydrogens is 247 g/mol. The molecule has 1 fully saturated rings. The number of hydrogen-bond acceptors (Lipinski definition) is 3. The van der Waals surface area contributed by atoms with Gasteiger partial charge >= 0.3 is 12.1 Å². The molecule has 106 valence electrons. The van der Waals surface area contributed by atoms with Gasteiger partial charge in [0.05, 0.1) is 0 Å². The van der Waals surface area contributed by atoms with Crippen molar-refractivity contribution in [2.45, 2.75) is 25.4 Å². The molecule has 0 aromatic heterocycles. The number of amides is 1. The highest BCUT2D eigenvalue weighted by Gasteiger charge is 2.43. The van der Waals surface area contributed by atoms with Crippen molar-refractivity contribution < 1.29 is 18.0 Å². The van der Waals surface area contributed by atoms with Crippen molar-refractivity contribution >= 4 is 5.91 Å². The Morgan fingerprint density at radius 2 is 2.17 bits per heavy atom. The molecule has 0 radical (unpaired) electrons. The minimum absolute atomic E-state index is 0.0998. The molecule has 1 unspecified atom stereocenters. The van der Waals surface area contributed by atoms with Crippen molar-refractivity contribution in [1.29, 1.82) is 0 Å². The van der Waals surface area contributed by atoms with E-state index in [1.165, 1.54) is 0 Å². The maximum absolute atomic E-state index is 12.3. The number of nitrogens with one attached hydrogen (secondary N) is 1. The van der Waals surface area contributed by atoms with E-state index in [1.54, 1.807) is 0 Å². The fourth-order valence-electron chi connectivity index (χ4n) is 2.13. The molecule has 0 aromatic rings. The van der Waals surface area contributed by atoms with Gasteiger partial charge in [0.25, 0.3) is 0 Å². The molecule has 18 heavy (non-hydrogen) atoms. The summed E-state index contributed by atoms with van der Waals surface area (Å²) in [6.45, 7) is 2.39. The number of nitrogens with two attached hydrogens (primary N) is 1. The van der Waals surface area contributed by atoms with E-state index in [0.717, 1.165) is 24.3 Å². The Bertz CT molecular complexity index is 271. The van der Waals surface area contributed by atoms with E-state index < -0.39 is 12.1 Å². The minimum Gasteiger partial charge on any atom is -0.335 e. The van der Waals surface area contributed by atoms with Gasteiger partial charge in [-0.2, -0.15) is 13.2 Å². The maximum Gasteiger partial charge on any atom is 0.471 e. The molecule has 1 aliphatic heterocycles. The summed E-state index contributed by atoms with van der Waals surface area (Å²) >= 11 is 0. The summed E-state index contributed by atoms with van der Waals surface area (Å²) in [7, 11) is 0. The first-order valence-corrected chi connectivity index (χ1v) is 6.22. The van der Waals surface area contributed by atoms with Gasteiger partial charge in [-0.15, -0.1) is 0 Å². The van der Waals surface area contributed by atoms with E-state index in [9.17, 15) is 18.0 Å². The Morgan fingerprint density at radius 1 is 1.44 bits per heavy atom. The third kappa shape index (κ3) is 4.81. The lowest BCUT2D eigenvalue weighted by atomic mass is 9.98. The van der Waals surface area contributed by atoms with Gasteiger partial charge in [0.2, 0.25) is 0 Å². The molecule has 1 aliphatic rings.